The Morgan fingerprint density at radius 1 is 1.52 bits per heavy atom. The third kappa shape index (κ3) is 3.81. The van der Waals surface area contributed by atoms with Crippen molar-refractivity contribution in [1.82, 2.24) is 20.5 Å². The molecule has 0 radical (unpaired) electrons. The molecule has 1 atom stereocenters. The maximum absolute atomic E-state index is 12.4. The number of ether oxygens (including phenoxy) is 1. The Kier molecular flexibility index (Phi) is 4.92. The number of nitrogens with zero attached hydrogens (tertiary/aromatic N) is 2. The molecule has 21 heavy (non-hydrogen) atoms. The van der Waals surface area contributed by atoms with Crippen LogP contribution in [-0.4, -0.2) is 27.7 Å². The maximum Gasteiger partial charge on any atom is 0.257 e. The number of hydrogen-bond donors (Lipinski definition) is 2. The molecule has 0 saturated carbocycles. The van der Waals surface area contributed by atoms with Crippen LogP contribution in [0.4, 0.5) is 0 Å². The van der Waals surface area contributed by atoms with Crippen LogP contribution >= 0.6 is 0 Å². The zero-order valence-corrected chi connectivity index (χ0v) is 12.5. The normalized spacial score (nSPS) is 12.0. The zero-order chi connectivity index (χ0) is 15.2. The first-order valence-corrected chi connectivity index (χ1v) is 7.02. The summed E-state index contributed by atoms with van der Waals surface area (Å²) in [7, 11) is 0. The molecule has 1 amide bonds. The largest absolute Gasteiger partial charge is 0.477 e. The minimum absolute atomic E-state index is 0.169. The van der Waals surface area contributed by atoms with Crippen LogP contribution in [0.2, 0.25) is 0 Å². The Labute approximate surface area is 123 Å². The van der Waals surface area contributed by atoms with Gasteiger partial charge >= 0.3 is 0 Å². The number of aryl methyl sites for hydroxylation is 1. The number of amides is 1. The van der Waals surface area contributed by atoms with E-state index in [4.69, 9.17) is 4.74 Å². The average Bonchev–Trinajstić information content (AvgIpc) is 2.92. The van der Waals surface area contributed by atoms with Gasteiger partial charge in [-0.15, -0.1) is 0 Å². The first-order chi connectivity index (χ1) is 10.1. The number of rotatable bonds is 6. The van der Waals surface area contributed by atoms with Gasteiger partial charge in [-0.1, -0.05) is 6.92 Å². The molecule has 0 aromatic carbocycles. The smallest absolute Gasteiger partial charge is 0.257 e. The molecular weight excluding hydrogens is 268 g/mol. The van der Waals surface area contributed by atoms with E-state index in [1.807, 2.05) is 26.8 Å². The van der Waals surface area contributed by atoms with Crippen molar-refractivity contribution >= 4 is 5.91 Å². The van der Waals surface area contributed by atoms with Gasteiger partial charge in [-0.25, -0.2) is 4.98 Å². The Hall–Kier alpha value is -2.37. The van der Waals surface area contributed by atoms with Gasteiger partial charge in [0.1, 0.15) is 5.56 Å². The number of carbonyl (C=O) groups excluding carboxylic acids is 1. The van der Waals surface area contributed by atoms with Crippen LogP contribution in [0.1, 0.15) is 48.1 Å². The highest BCUT2D eigenvalue weighted by Gasteiger charge is 2.17. The van der Waals surface area contributed by atoms with Gasteiger partial charge < -0.3 is 10.1 Å². The highest BCUT2D eigenvalue weighted by molar-refractivity contribution is 5.96. The van der Waals surface area contributed by atoms with Gasteiger partial charge in [-0.2, -0.15) is 5.10 Å². The molecule has 112 valence electrons. The van der Waals surface area contributed by atoms with Crippen LogP contribution in [0.15, 0.2) is 24.4 Å². The van der Waals surface area contributed by atoms with Crippen molar-refractivity contribution in [3.05, 3.63) is 41.3 Å². The third-order valence-corrected chi connectivity index (χ3v) is 3.00. The molecule has 0 aliphatic heterocycles. The Balaban J connectivity index is 2.09. The molecule has 0 spiro atoms. The lowest BCUT2D eigenvalue weighted by atomic mass is 10.2. The fourth-order valence-electron chi connectivity index (χ4n) is 1.89. The highest BCUT2D eigenvalue weighted by Crippen LogP contribution is 2.17. The third-order valence-electron chi connectivity index (χ3n) is 3.00. The van der Waals surface area contributed by atoms with Crippen LogP contribution in [0, 0.1) is 6.92 Å². The number of nitrogens with one attached hydrogen (secondary N) is 2. The van der Waals surface area contributed by atoms with E-state index in [-0.39, 0.29) is 11.9 Å². The molecule has 0 unspecified atom stereocenters. The van der Waals surface area contributed by atoms with E-state index >= 15 is 0 Å². The lowest BCUT2D eigenvalue weighted by molar-refractivity contribution is 0.0934. The van der Waals surface area contributed by atoms with Crippen molar-refractivity contribution in [2.45, 2.75) is 33.2 Å². The molecule has 0 bridgehead atoms. The molecule has 2 N–H and O–H groups in total. The van der Waals surface area contributed by atoms with E-state index in [0.29, 0.717) is 18.1 Å². The minimum atomic E-state index is -0.214. The Bertz CT molecular complexity index is 609. The first kappa shape index (κ1) is 15.0. The van der Waals surface area contributed by atoms with Crippen LogP contribution in [0.25, 0.3) is 0 Å². The summed E-state index contributed by atoms with van der Waals surface area (Å²) in [5.41, 5.74) is 2.19. The number of H-pyrrole nitrogens is 1. The summed E-state index contributed by atoms with van der Waals surface area (Å²) in [6.07, 6.45) is 2.48. The first-order valence-electron chi connectivity index (χ1n) is 7.02. The summed E-state index contributed by atoms with van der Waals surface area (Å²) in [5, 5.41) is 9.87. The van der Waals surface area contributed by atoms with Crippen molar-refractivity contribution in [2.75, 3.05) is 6.61 Å². The molecule has 2 heterocycles. The number of aromatic amines is 1. The van der Waals surface area contributed by atoms with Crippen LogP contribution < -0.4 is 10.1 Å². The summed E-state index contributed by atoms with van der Waals surface area (Å²) in [6.45, 7) is 6.33. The summed E-state index contributed by atoms with van der Waals surface area (Å²) < 4.78 is 5.51. The average molecular weight is 288 g/mol. The quantitative estimate of drug-likeness (QED) is 0.855. The van der Waals surface area contributed by atoms with Gasteiger partial charge in [0.2, 0.25) is 5.88 Å². The van der Waals surface area contributed by atoms with Crippen LogP contribution in [0.3, 0.4) is 0 Å². The fourth-order valence-corrected chi connectivity index (χ4v) is 1.89. The molecule has 0 aliphatic carbocycles. The van der Waals surface area contributed by atoms with E-state index in [9.17, 15) is 4.79 Å². The van der Waals surface area contributed by atoms with Crippen molar-refractivity contribution in [3.63, 3.8) is 0 Å². The predicted molar refractivity (Wildman–Crippen MR) is 79.2 cm³/mol. The summed E-state index contributed by atoms with van der Waals surface area (Å²) in [5.74, 6) is 0.152. The van der Waals surface area contributed by atoms with Crippen LogP contribution in [0.5, 0.6) is 5.88 Å². The van der Waals surface area contributed by atoms with E-state index in [1.54, 1.807) is 18.3 Å². The summed E-state index contributed by atoms with van der Waals surface area (Å²) in [6, 6.07) is 5.16. The highest BCUT2D eigenvalue weighted by atomic mass is 16.5. The van der Waals surface area contributed by atoms with Crippen molar-refractivity contribution in [1.29, 1.82) is 0 Å². The molecule has 6 nitrogen and oxygen atoms in total. The monoisotopic (exact) mass is 288 g/mol. The lowest BCUT2D eigenvalue weighted by Crippen LogP contribution is -2.27. The molecule has 2 aromatic rings. The molecule has 0 fully saturated rings. The molecule has 2 rings (SSSR count). The number of aromatic nitrogens is 3. The van der Waals surface area contributed by atoms with Gasteiger partial charge in [-0.3, -0.25) is 9.89 Å². The minimum Gasteiger partial charge on any atom is -0.477 e. The Morgan fingerprint density at radius 3 is 3.00 bits per heavy atom. The standard InChI is InChI=1S/C15H20N4O2/c1-4-8-21-15-12(6-5-7-16-15)14(20)17-11(3)13-9-10(2)18-19-13/h5-7,9,11H,4,8H2,1-3H3,(H,17,20)(H,18,19)/t11-/m1/s1. The van der Waals surface area contributed by atoms with Crippen molar-refractivity contribution in [2.24, 2.45) is 0 Å². The van der Waals surface area contributed by atoms with Gasteiger partial charge in [-0.05, 0) is 38.5 Å². The van der Waals surface area contributed by atoms with E-state index in [2.05, 4.69) is 20.5 Å². The molecule has 2 aromatic heterocycles. The summed E-state index contributed by atoms with van der Waals surface area (Å²) in [4.78, 5) is 16.5. The van der Waals surface area contributed by atoms with E-state index < -0.39 is 0 Å². The number of pyridine rings is 1. The second-order valence-electron chi connectivity index (χ2n) is 4.86. The number of carbonyl (C=O) groups is 1. The van der Waals surface area contributed by atoms with Gasteiger partial charge in [0, 0.05) is 6.20 Å². The van der Waals surface area contributed by atoms with E-state index in [0.717, 1.165) is 17.8 Å². The topological polar surface area (TPSA) is 79.9 Å². The van der Waals surface area contributed by atoms with E-state index in [1.165, 1.54) is 0 Å². The summed E-state index contributed by atoms with van der Waals surface area (Å²) >= 11 is 0. The van der Waals surface area contributed by atoms with Crippen molar-refractivity contribution < 1.29 is 9.53 Å². The van der Waals surface area contributed by atoms with Gasteiger partial charge in [0.05, 0.1) is 24.0 Å². The van der Waals surface area contributed by atoms with Crippen LogP contribution in [-0.2, 0) is 0 Å². The maximum atomic E-state index is 12.4. The van der Waals surface area contributed by atoms with Gasteiger partial charge in [0.25, 0.3) is 5.91 Å². The Morgan fingerprint density at radius 2 is 2.33 bits per heavy atom. The second kappa shape index (κ2) is 6.88. The zero-order valence-electron chi connectivity index (χ0n) is 12.5. The predicted octanol–water partition coefficient (Wildman–Crippen LogP) is 2.39. The molecule has 0 saturated heterocycles. The SMILES string of the molecule is CCCOc1ncccc1C(=O)N[C@H](C)c1cc(C)n[nH]1. The molecular formula is C15H20N4O2. The molecule has 6 heteroatoms. The number of hydrogen-bond acceptors (Lipinski definition) is 4. The van der Waals surface area contributed by atoms with Gasteiger partial charge in [0.15, 0.2) is 0 Å². The second-order valence-corrected chi connectivity index (χ2v) is 4.86. The fraction of sp³-hybridized carbons (Fsp3) is 0.400. The lowest BCUT2D eigenvalue weighted by Gasteiger charge is -2.14. The molecule has 0 aliphatic rings. The van der Waals surface area contributed by atoms with Crippen molar-refractivity contribution in [3.8, 4) is 5.88 Å².